The molecule has 0 saturated carbocycles. The predicted molar refractivity (Wildman–Crippen MR) is 121 cm³/mol. The Bertz CT molecular complexity index is 1070. The van der Waals surface area contributed by atoms with Crippen LogP contribution in [0.15, 0.2) is 54.2 Å². The molecule has 29 heavy (non-hydrogen) atoms. The lowest BCUT2D eigenvalue weighted by atomic mass is 10.2. The van der Waals surface area contributed by atoms with E-state index in [4.69, 9.17) is 46.4 Å². The zero-order valence-electron chi connectivity index (χ0n) is 14.8. The number of anilines is 1. The number of nitrogens with one attached hydrogen (secondary N) is 1. The minimum atomic E-state index is -0.275. The van der Waals surface area contributed by atoms with Crippen LogP contribution >= 0.6 is 58.2 Å². The number of nitrogens with zero attached hydrogens (tertiary/aromatic N) is 3. The van der Waals surface area contributed by atoms with Gasteiger partial charge in [-0.2, -0.15) is 0 Å². The van der Waals surface area contributed by atoms with Gasteiger partial charge in [0.2, 0.25) is 5.91 Å². The van der Waals surface area contributed by atoms with Crippen LogP contribution in [0.5, 0.6) is 0 Å². The summed E-state index contributed by atoms with van der Waals surface area (Å²) in [6.07, 6.45) is 1.73. The monoisotopic (exact) mass is 486 g/mol. The van der Waals surface area contributed by atoms with Crippen LogP contribution in [-0.4, -0.2) is 26.4 Å². The molecule has 1 heterocycles. The highest BCUT2D eigenvalue weighted by Gasteiger charge is 2.17. The number of benzene rings is 2. The van der Waals surface area contributed by atoms with E-state index in [1.807, 2.05) is 22.8 Å². The van der Waals surface area contributed by atoms with E-state index in [0.717, 1.165) is 5.56 Å². The van der Waals surface area contributed by atoms with Gasteiger partial charge < -0.3 is 5.32 Å². The number of aromatic nitrogens is 3. The average Bonchev–Trinajstić information content (AvgIpc) is 3.07. The van der Waals surface area contributed by atoms with Gasteiger partial charge in [-0.1, -0.05) is 76.4 Å². The van der Waals surface area contributed by atoms with Crippen LogP contribution < -0.4 is 5.32 Å². The Morgan fingerprint density at radius 1 is 1.07 bits per heavy atom. The van der Waals surface area contributed by atoms with E-state index in [0.29, 0.717) is 43.3 Å². The Kier molecular flexibility index (Phi) is 7.49. The maximum Gasteiger partial charge on any atom is 0.234 e. The first-order valence-corrected chi connectivity index (χ1v) is 10.8. The van der Waals surface area contributed by atoms with Gasteiger partial charge >= 0.3 is 0 Å². The molecule has 10 heteroatoms. The molecule has 0 fully saturated rings. The SMILES string of the molecule is C=CCn1c(SCC(=O)Nc2cc(Cl)c(Cl)cc2Cl)nnc1-c1ccccc1Cl. The van der Waals surface area contributed by atoms with Crippen molar-refractivity contribution in [2.45, 2.75) is 11.7 Å². The molecule has 3 aromatic rings. The van der Waals surface area contributed by atoms with Crippen LogP contribution in [0.25, 0.3) is 11.4 Å². The van der Waals surface area contributed by atoms with Gasteiger partial charge in [-0.3, -0.25) is 9.36 Å². The molecule has 1 amide bonds. The third-order valence-corrected chi connectivity index (χ3v) is 6.09. The van der Waals surface area contributed by atoms with E-state index in [9.17, 15) is 4.79 Å². The Balaban J connectivity index is 1.75. The van der Waals surface area contributed by atoms with Crippen molar-refractivity contribution in [3.8, 4) is 11.4 Å². The summed E-state index contributed by atoms with van der Waals surface area (Å²) >= 11 is 25.5. The number of hydrogen-bond acceptors (Lipinski definition) is 4. The molecule has 0 saturated heterocycles. The highest BCUT2D eigenvalue weighted by Crippen LogP contribution is 2.33. The first-order valence-electron chi connectivity index (χ1n) is 8.27. The van der Waals surface area contributed by atoms with E-state index >= 15 is 0 Å². The van der Waals surface area contributed by atoms with Crippen molar-refractivity contribution < 1.29 is 4.79 Å². The highest BCUT2D eigenvalue weighted by molar-refractivity contribution is 7.99. The number of amides is 1. The van der Waals surface area contributed by atoms with Gasteiger partial charge in [0.15, 0.2) is 11.0 Å². The van der Waals surface area contributed by atoms with Crippen molar-refractivity contribution in [2.24, 2.45) is 0 Å². The van der Waals surface area contributed by atoms with Gasteiger partial charge in [0.1, 0.15) is 0 Å². The largest absolute Gasteiger partial charge is 0.324 e. The summed E-state index contributed by atoms with van der Waals surface area (Å²) in [6, 6.07) is 10.3. The van der Waals surface area contributed by atoms with Gasteiger partial charge in [-0.05, 0) is 24.3 Å². The van der Waals surface area contributed by atoms with Crippen LogP contribution in [-0.2, 0) is 11.3 Å². The van der Waals surface area contributed by atoms with Crippen molar-refractivity contribution in [3.05, 3.63) is 69.1 Å². The van der Waals surface area contributed by atoms with Crippen molar-refractivity contribution in [3.63, 3.8) is 0 Å². The summed E-state index contributed by atoms with van der Waals surface area (Å²) < 4.78 is 1.85. The molecule has 1 N–H and O–H groups in total. The third-order valence-electron chi connectivity index (χ3n) is 3.76. The number of allylic oxidation sites excluding steroid dienone is 1. The van der Waals surface area contributed by atoms with E-state index in [2.05, 4.69) is 22.1 Å². The second-order valence-corrected chi connectivity index (χ2v) is 8.34. The van der Waals surface area contributed by atoms with Crippen LogP contribution in [0, 0.1) is 0 Å². The average molecular weight is 488 g/mol. The fraction of sp³-hybridized carbons (Fsp3) is 0.105. The number of halogens is 4. The normalized spacial score (nSPS) is 10.8. The quantitative estimate of drug-likeness (QED) is 0.235. The summed E-state index contributed by atoms with van der Waals surface area (Å²) in [7, 11) is 0. The van der Waals surface area contributed by atoms with Crippen molar-refractivity contribution >= 4 is 69.8 Å². The lowest BCUT2D eigenvalue weighted by Gasteiger charge is -2.10. The van der Waals surface area contributed by atoms with Gasteiger partial charge in [-0.15, -0.1) is 16.8 Å². The summed E-state index contributed by atoms with van der Waals surface area (Å²) in [6.45, 7) is 4.24. The topological polar surface area (TPSA) is 59.8 Å². The fourth-order valence-electron chi connectivity index (χ4n) is 2.47. The number of carbonyl (C=O) groups is 1. The fourth-order valence-corrected chi connectivity index (χ4v) is 4.03. The summed E-state index contributed by atoms with van der Waals surface area (Å²) in [5.41, 5.74) is 1.14. The number of hydrogen-bond donors (Lipinski definition) is 1. The van der Waals surface area contributed by atoms with E-state index in [1.54, 1.807) is 12.1 Å². The molecule has 0 bridgehead atoms. The van der Waals surface area contributed by atoms with Crippen molar-refractivity contribution in [1.82, 2.24) is 14.8 Å². The molecule has 0 atom stereocenters. The summed E-state index contributed by atoms with van der Waals surface area (Å²) in [4.78, 5) is 12.4. The van der Waals surface area contributed by atoms with Gasteiger partial charge in [0, 0.05) is 12.1 Å². The number of carbonyl (C=O) groups excluding carboxylic acids is 1. The molecule has 0 aliphatic carbocycles. The van der Waals surface area contributed by atoms with Crippen molar-refractivity contribution in [1.29, 1.82) is 0 Å². The van der Waals surface area contributed by atoms with Crippen molar-refractivity contribution in [2.75, 3.05) is 11.1 Å². The maximum absolute atomic E-state index is 12.4. The van der Waals surface area contributed by atoms with Crippen LogP contribution in [0.1, 0.15) is 0 Å². The lowest BCUT2D eigenvalue weighted by molar-refractivity contribution is -0.113. The van der Waals surface area contributed by atoms with Crippen LogP contribution in [0.2, 0.25) is 20.1 Å². The van der Waals surface area contributed by atoms with Gasteiger partial charge in [-0.25, -0.2) is 0 Å². The molecule has 1 aromatic heterocycles. The first kappa shape index (κ1) is 22.0. The maximum atomic E-state index is 12.4. The van der Waals surface area contributed by atoms with Crippen LogP contribution in [0.3, 0.4) is 0 Å². The summed E-state index contributed by atoms with van der Waals surface area (Å²) in [5.74, 6) is 0.419. The number of rotatable bonds is 7. The molecule has 0 spiro atoms. The standard InChI is InChI=1S/C19H14Cl4N4OS/c1-2-7-27-18(11-5-3-4-6-12(11)20)25-26-19(27)29-10-17(28)24-16-9-14(22)13(21)8-15(16)23/h2-6,8-9H,1,7,10H2,(H,24,28). The Morgan fingerprint density at radius 2 is 1.79 bits per heavy atom. The third kappa shape index (κ3) is 5.27. The zero-order valence-corrected chi connectivity index (χ0v) is 18.7. The molecule has 150 valence electrons. The first-order chi connectivity index (χ1) is 13.9. The van der Waals surface area contributed by atoms with E-state index in [1.165, 1.54) is 23.9 Å². The molecular formula is C19H14Cl4N4OS. The Hall–Kier alpha value is -1.70. The predicted octanol–water partition coefficient (Wildman–Crippen LogP) is 6.48. The number of thioether (sulfide) groups is 1. The smallest absolute Gasteiger partial charge is 0.234 e. The van der Waals surface area contributed by atoms with Crippen LogP contribution in [0.4, 0.5) is 5.69 Å². The van der Waals surface area contributed by atoms with E-state index < -0.39 is 0 Å². The molecule has 5 nitrogen and oxygen atoms in total. The summed E-state index contributed by atoms with van der Waals surface area (Å²) in [5, 5.41) is 13.2. The lowest BCUT2D eigenvalue weighted by Crippen LogP contribution is -2.15. The van der Waals surface area contributed by atoms with E-state index in [-0.39, 0.29) is 11.7 Å². The highest BCUT2D eigenvalue weighted by atomic mass is 35.5. The molecular weight excluding hydrogens is 474 g/mol. The Labute approximate surface area is 192 Å². The van der Waals surface area contributed by atoms with Gasteiger partial charge in [0.05, 0.1) is 31.5 Å². The molecule has 0 aliphatic heterocycles. The molecule has 2 aromatic carbocycles. The molecule has 0 aliphatic rings. The minimum Gasteiger partial charge on any atom is -0.324 e. The molecule has 0 radical (unpaired) electrons. The van der Waals surface area contributed by atoms with Gasteiger partial charge in [0.25, 0.3) is 0 Å². The zero-order chi connectivity index (χ0) is 21.0. The second kappa shape index (κ2) is 9.87. The Morgan fingerprint density at radius 3 is 2.52 bits per heavy atom. The minimum absolute atomic E-state index is 0.0916. The second-order valence-electron chi connectivity index (χ2n) is 5.77. The molecule has 0 unspecified atom stereocenters. The molecule has 3 rings (SSSR count).